The molecule has 158 valence electrons. The molecule has 2 aromatic heterocycles. The second-order valence-corrected chi connectivity index (χ2v) is 6.76. The van der Waals surface area contributed by atoms with Crippen molar-refractivity contribution < 1.29 is 18.7 Å². The normalized spacial score (nSPS) is 12.7. The van der Waals surface area contributed by atoms with Crippen LogP contribution >= 0.6 is 0 Å². The second kappa shape index (κ2) is 8.69. The predicted octanol–water partition coefficient (Wildman–Crippen LogP) is 3.00. The zero-order valence-electron chi connectivity index (χ0n) is 16.4. The van der Waals surface area contributed by atoms with Crippen LogP contribution in [0.2, 0.25) is 0 Å². The van der Waals surface area contributed by atoms with Crippen molar-refractivity contribution in [2.24, 2.45) is 0 Å². The lowest BCUT2D eigenvalue weighted by Crippen LogP contribution is -2.23. The van der Waals surface area contributed by atoms with Gasteiger partial charge in [0.2, 0.25) is 0 Å². The minimum atomic E-state index is -0.911. The molecular formula is C20H18FN7O3. The van der Waals surface area contributed by atoms with Crippen LogP contribution < -0.4 is 20.7 Å². The van der Waals surface area contributed by atoms with Crippen LogP contribution in [0.4, 0.5) is 26.4 Å². The van der Waals surface area contributed by atoms with Crippen molar-refractivity contribution in [1.82, 2.24) is 25.3 Å². The summed E-state index contributed by atoms with van der Waals surface area (Å²) in [4.78, 5) is 41.1. The summed E-state index contributed by atoms with van der Waals surface area (Å²) in [5, 5.41) is 7.80. The lowest BCUT2D eigenvalue weighted by Gasteiger charge is -2.13. The molecule has 0 atom stereocenters. The molecule has 0 unspecified atom stereocenters. The Morgan fingerprint density at radius 3 is 2.65 bits per heavy atom. The summed E-state index contributed by atoms with van der Waals surface area (Å²) in [6.45, 7) is 0. The van der Waals surface area contributed by atoms with E-state index in [0.717, 1.165) is 25.0 Å². The summed E-state index contributed by atoms with van der Waals surface area (Å²) in [7, 11) is 1.40. The largest absolute Gasteiger partial charge is 0.418 e. The summed E-state index contributed by atoms with van der Waals surface area (Å²) in [5.41, 5.74) is 1.28. The Morgan fingerprint density at radius 2 is 1.94 bits per heavy atom. The number of rotatable bonds is 6. The van der Waals surface area contributed by atoms with Crippen molar-refractivity contribution in [2.45, 2.75) is 18.8 Å². The lowest BCUT2D eigenvalue weighted by atomic mass is 10.1. The van der Waals surface area contributed by atoms with Crippen molar-refractivity contribution in [3.8, 4) is 5.88 Å². The van der Waals surface area contributed by atoms with Crippen molar-refractivity contribution >= 4 is 29.2 Å². The van der Waals surface area contributed by atoms with Gasteiger partial charge >= 0.3 is 6.09 Å². The fourth-order valence-electron chi connectivity index (χ4n) is 2.79. The molecule has 2 heterocycles. The Balaban J connectivity index is 1.57. The molecule has 1 aliphatic rings. The Hall–Kier alpha value is -4.15. The molecule has 4 rings (SSSR count). The summed E-state index contributed by atoms with van der Waals surface area (Å²) < 4.78 is 18.9. The van der Waals surface area contributed by atoms with Gasteiger partial charge in [-0.05, 0) is 31.0 Å². The molecule has 0 spiro atoms. The number of carbonyl (C=O) groups excluding carboxylic acids is 2. The fraction of sp³-hybridized carbons (Fsp3) is 0.200. The smallest absolute Gasteiger partial charge is 0.387 e. The maximum atomic E-state index is 13.6. The minimum absolute atomic E-state index is 0.0444. The Kier molecular flexibility index (Phi) is 5.65. The molecule has 1 aromatic carbocycles. The van der Waals surface area contributed by atoms with E-state index in [2.05, 4.69) is 35.9 Å². The average Bonchev–Trinajstić information content (AvgIpc) is 3.62. The molecule has 3 N–H and O–H groups in total. The number of nitrogens with zero attached hydrogens (tertiary/aromatic N) is 4. The van der Waals surface area contributed by atoms with Gasteiger partial charge < -0.3 is 15.4 Å². The maximum absolute atomic E-state index is 13.6. The molecule has 11 heteroatoms. The van der Waals surface area contributed by atoms with Crippen molar-refractivity contribution in [3.05, 3.63) is 60.2 Å². The van der Waals surface area contributed by atoms with E-state index >= 15 is 0 Å². The molecule has 0 bridgehead atoms. The molecule has 0 radical (unpaired) electrons. The number of carbonyl (C=O) groups is 2. The number of halogens is 1. The highest BCUT2D eigenvalue weighted by Crippen LogP contribution is 2.40. The fourth-order valence-corrected chi connectivity index (χ4v) is 2.79. The number of aromatic nitrogens is 4. The van der Waals surface area contributed by atoms with Crippen LogP contribution in [-0.2, 0) is 0 Å². The summed E-state index contributed by atoms with van der Waals surface area (Å²) in [5.74, 6) is -0.743. The second-order valence-electron chi connectivity index (χ2n) is 6.76. The van der Waals surface area contributed by atoms with Gasteiger partial charge in [-0.1, -0.05) is 0 Å². The number of hydrogen-bond acceptors (Lipinski definition) is 8. The molecule has 0 saturated heterocycles. The van der Waals surface area contributed by atoms with Gasteiger partial charge in [0, 0.05) is 13.0 Å². The molecule has 10 nitrogen and oxygen atoms in total. The quantitative estimate of drug-likeness (QED) is 0.551. The van der Waals surface area contributed by atoms with Crippen molar-refractivity contribution in [2.75, 3.05) is 17.7 Å². The summed E-state index contributed by atoms with van der Waals surface area (Å²) in [6, 6.07) is 3.41. The number of benzene rings is 1. The van der Waals surface area contributed by atoms with E-state index in [1.807, 2.05) is 0 Å². The molecular weight excluding hydrogens is 405 g/mol. The zero-order valence-corrected chi connectivity index (χ0v) is 16.4. The number of amides is 2. The molecule has 1 saturated carbocycles. The zero-order chi connectivity index (χ0) is 21.8. The number of anilines is 3. The average molecular weight is 423 g/mol. The third kappa shape index (κ3) is 4.89. The van der Waals surface area contributed by atoms with Crippen molar-refractivity contribution in [3.63, 3.8) is 0 Å². The van der Waals surface area contributed by atoms with E-state index in [0.29, 0.717) is 11.4 Å². The van der Waals surface area contributed by atoms with Crippen LogP contribution in [0.25, 0.3) is 0 Å². The molecule has 2 amide bonds. The highest BCUT2D eigenvalue weighted by molar-refractivity contribution is 6.02. The van der Waals surface area contributed by atoms with E-state index in [1.54, 1.807) is 6.20 Å². The SMILES string of the molecule is CNC(=O)c1cc(F)ccc1NC(=O)Oc1nc(C2CC2)cnc1Nc1cncnc1. The molecule has 1 fully saturated rings. The van der Waals surface area contributed by atoms with E-state index < -0.39 is 17.8 Å². The van der Waals surface area contributed by atoms with Gasteiger partial charge in [0.25, 0.3) is 11.8 Å². The standard InChI is InChI=1S/C20H18FN7O3/c1-22-18(29)14-6-12(21)4-5-15(14)28-20(30)31-19-17(26-13-7-23-10-24-8-13)25-9-16(27-19)11-2-3-11/h4-11H,2-3H2,1H3,(H,22,29)(H,25,26)(H,28,30). The van der Waals surface area contributed by atoms with Gasteiger partial charge in [0.1, 0.15) is 12.1 Å². The first kappa shape index (κ1) is 20.1. The molecule has 0 aliphatic heterocycles. The Bertz CT molecular complexity index is 1120. The van der Waals surface area contributed by atoms with Crippen LogP contribution in [-0.4, -0.2) is 39.0 Å². The van der Waals surface area contributed by atoms with E-state index in [-0.39, 0.29) is 28.9 Å². The van der Waals surface area contributed by atoms with E-state index in [1.165, 1.54) is 31.8 Å². The highest BCUT2D eigenvalue weighted by Gasteiger charge is 2.27. The van der Waals surface area contributed by atoms with Crippen LogP contribution in [0.5, 0.6) is 5.88 Å². The van der Waals surface area contributed by atoms with E-state index in [9.17, 15) is 14.0 Å². The molecule has 3 aromatic rings. The monoisotopic (exact) mass is 423 g/mol. The first-order valence-corrected chi connectivity index (χ1v) is 9.43. The highest BCUT2D eigenvalue weighted by atomic mass is 19.1. The molecule has 1 aliphatic carbocycles. The minimum Gasteiger partial charge on any atom is -0.387 e. The van der Waals surface area contributed by atoms with Crippen LogP contribution in [0, 0.1) is 5.82 Å². The number of nitrogens with one attached hydrogen (secondary N) is 3. The van der Waals surface area contributed by atoms with Crippen LogP contribution in [0.15, 0.2) is 43.1 Å². The predicted molar refractivity (Wildman–Crippen MR) is 109 cm³/mol. The summed E-state index contributed by atoms with van der Waals surface area (Å²) >= 11 is 0. The van der Waals surface area contributed by atoms with Gasteiger partial charge in [-0.2, -0.15) is 0 Å². The van der Waals surface area contributed by atoms with Gasteiger partial charge in [0.05, 0.1) is 41.2 Å². The molecule has 31 heavy (non-hydrogen) atoms. The third-order valence-corrected chi connectivity index (χ3v) is 4.46. The summed E-state index contributed by atoms with van der Waals surface area (Å²) in [6.07, 6.45) is 7.13. The first-order valence-electron chi connectivity index (χ1n) is 9.43. The van der Waals surface area contributed by atoms with Gasteiger partial charge in [-0.25, -0.2) is 29.1 Å². The van der Waals surface area contributed by atoms with Gasteiger partial charge in [0.15, 0.2) is 5.82 Å². The number of hydrogen-bond donors (Lipinski definition) is 3. The maximum Gasteiger partial charge on any atom is 0.418 e. The van der Waals surface area contributed by atoms with Crippen LogP contribution in [0.3, 0.4) is 0 Å². The lowest BCUT2D eigenvalue weighted by molar-refractivity contribution is 0.0963. The topological polar surface area (TPSA) is 131 Å². The van der Waals surface area contributed by atoms with Gasteiger partial charge in [-0.3, -0.25) is 10.1 Å². The van der Waals surface area contributed by atoms with E-state index in [4.69, 9.17) is 4.74 Å². The van der Waals surface area contributed by atoms with Gasteiger partial charge in [-0.15, -0.1) is 0 Å². The third-order valence-electron chi connectivity index (χ3n) is 4.46. The Labute approximate surface area is 176 Å². The van der Waals surface area contributed by atoms with Crippen molar-refractivity contribution in [1.29, 1.82) is 0 Å². The first-order chi connectivity index (χ1) is 15.0. The number of ether oxygens (including phenoxy) is 1. The van der Waals surface area contributed by atoms with Crippen LogP contribution in [0.1, 0.15) is 34.8 Å². The Morgan fingerprint density at radius 1 is 1.16 bits per heavy atom.